The van der Waals surface area contributed by atoms with Gasteiger partial charge in [0.25, 0.3) is 0 Å². The minimum absolute atomic E-state index is 0.296. The highest BCUT2D eigenvalue weighted by Gasteiger charge is 2.40. The molecule has 4 nitrogen and oxygen atoms in total. The van der Waals surface area contributed by atoms with Crippen LogP contribution in [0, 0.1) is 0 Å². The van der Waals surface area contributed by atoms with Gasteiger partial charge in [0.1, 0.15) is 0 Å². The molecule has 5 heteroatoms. The summed E-state index contributed by atoms with van der Waals surface area (Å²) in [6.45, 7) is 1.13. The Morgan fingerprint density at radius 3 is 2.69 bits per heavy atom. The van der Waals surface area contributed by atoms with E-state index in [4.69, 9.17) is 10.5 Å². The van der Waals surface area contributed by atoms with Gasteiger partial charge < -0.3 is 10.5 Å². The van der Waals surface area contributed by atoms with Crippen molar-refractivity contribution in [2.45, 2.75) is 18.3 Å². The Balaban J connectivity index is 2.42. The number of primary amides is 1. The molecule has 2 rings (SSSR count). The summed E-state index contributed by atoms with van der Waals surface area (Å²) in [6, 6.07) is 1.91. The van der Waals surface area contributed by atoms with E-state index in [0.29, 0.717) is 26.1 Å². The van der Waals surface area contributed by atoms with E-state index in [1.54, 1.807) is 12.4 Å². The fourth-order valence-corrected chi connectivity index (χ4v) is 2.44. The summed E-state index contributed by atoms with van der Waals surface area (Å²) in [5.74, 6) is -0.296. The van der Waals surface area contributed by atoms with E-state index >= 15 is 0 Å². The van der Waals surface area contributed by atoms with Crippen molar-refractivity contribution in [2.24, 2.45) is 5.73 Å². The van der Waals surface area contributed by atoms with Crippen LogP contribution in [0.15, 0.2) is 22.9 Å². The topological polar surface area (TPSA) is 65.2 Å². The molecule has 0 spiro atoms. The zero-order valence-corrected chi connectivity index (χ0v) is 10.4. The summed E-state index contributed by atoms with van der Waals surface area (Å²) in [4.78, 5) is 15.8. The molecule has 0 aliphatic carbocycles. The van der Waals surface area contributed by atoms with Crippen molar-refractivity contribution >= 4 is 21.8 Å². The number of nitrogens with two attached hydrogens (primary N) is 1. The first kappa shape index (κ1) is 11.5. The lowest BCUT2D eigenvalue weighted by molar-refractivity contribution is -0.127. The van der Waals surface area contributed by atoms with Crippen molar-refractivity contribution in [3.8, 4) is 0 Å². The summed E-state index contributed by atoms with van der Waals surface area (Å²) in [7, 11) is 0. The van der Waals surface area contributed by atoms with Gasteiger partial charge in [-0.1, -0.05) is 0 Å². The molecule has 1 amide bonds. The van der Waals surface area contributed by atoms with Gasteiger partial charge in [-0.15, -0.1) is 0 Å². The highest BCUT2D eigenvalue weighted by Crippen LogP contribution is 2.35. The van der Waals surface area contributed by atoms with Crippen molar-refractivity contribution in [2.75, 3.05) is 13.2 Å². The molecule has 2 N–H and O–H groups in total. The maximum Gasteiger partial charge on any atom is 0.228 e. The van der Waals surface area contributed by atoms with Crippen LogP contribution in [0.25, 0.3) is 0 Å². The number of nitrogens with zero attached hydrogens (tertiary/aromatic N) is 1. The number of pyridine rings is 1. The second-order valence-electron chi connectivity index (χ2n) is 3.95. The summed E-state index contributed by atoms with van der Waals surface area (Å²) >= 11 is 3.36. The molecule has 0 saturated carbocycles. The van der Waals surface area contributed by atoms with E-state index < -0.39 is 5.41 Å². The van der Waals surface area contributed by atoms with E-state index in [9.17, 15) is 4.79 Å². The van der Waals surface area contributed by atoms with E-state index in [1.807, 2.05) is 6.07 Å². The number of amides is 1. The van der Waals surface area contributed by atoms with Gasteiger partial charge in [0.2, 0.25) is 5.91 Å². The average Bonchev–Trinajstić information content (AvgIpc) is 2.30. The lowest BCUT2D eigenvalue weighted by Gasteiger charge is -2.34. The minimum atomic E-state index is -0.616. The van der Waals surface area contributed by atoms with Crippen LogP contribution in [0.2, 0.25) is 0 Å². The first-order chi connectivity index (χ1) is 7.65. The predicted molar refractivity (Wildman–Crippen MR) is 62.9 cm³/mol. The highest BCUT2D eigenvalue weighted by atomic mass is 79.9. The van der Waals surface area contributed by atoms with Crippen molar-refractivity contribution < 1.29 is 9.53 Å². The van der Waals surface area contributed by atoms with Gasteiger partial charge in [-0.3, -0.25) is 9.78 Å². The number of carbonyl (C=O) groups is 1. The monoisotopic (exact) mass is 284 g/mol. The second kappa shape index (κ2) is 4.51. The number of halogens is 1. The van der Waals surface area contributed by atoms with Crippen LogP contribution in [-0.2, 0) is 14.9 Å². The molecule has 1 fully saturated rings. The Hall–Kier alpha value is -0.940. The van der Waals surface area contributed by atoms with Gasteiger partial charge in [0.05, 0.1) is 5.41 Å². The molecule has 0 aromatic carbocycles. The Kier molecular flexibility index (Phi) is 3.25. The minimum Gasteiger partial charge on any atom is -0.381 e. The third-order valence-electron chi connectivity index (χ3n) is 3.08. The third-order valence-corrected chi connectivity index (χ3v) is 3.51. The quantitative estimate of drug-likeness (QED) is 0.892. The lowest BCUT2D eigenvalue weighted by Crippen LogP contribution is -2.45. The smallest absolute Gasteiger partial charge is 0.228 e. The molecule has 1 aromatic heterocycles. The number of rotatable bonds is 2. The molecular formula is C11H13BrN2O2. The maximum atomic E-state index is 11.7. The Morgan fingerprint density at radius 2 is 2.12 bits per heavy atom. The highest BCUT2D eigenvalue weighted by molar-refractivity contribution is 9.10. The van der Waals surface area contributed by atoms with Crippen molar-refractivity contribution in [1.82, 2.24) is 4.98 Å². The number of hydrogen-bond donors (Lipinski definition) is 1. The molecule has 1 saturated heterocycles. The standard InChI is InChI=1S/C11H13BrN2O2/c12-9-5-8(6-14-7-9)11(10(13)15)1-3-16-4-2-11/h5-7H,1-4H2,(H2,13,15). The predicted octanol–water partition coefficient (Wildman–Crippen LogP) is 1.38. The van der Waals surface area contributed by atoms with Crippen LogP contribution in [-0.4, -0.2) is 24.1 Å². The zero-order valence-electron chi connectivity index (χ0n) is 8.78. The van der Waals surface area contributed by atoms with Crippen LogP contribution < -0.4 is 5.73 Å². The Labute approximate surface area is 102 Å². The fraction of sp³-hybridized carbons (Fsp3) is 0.455. The van der Waals surface area contributed by atoms with Gasteiger partial charge in [-0.25, -0.2) is 0 Å². The number of aromatic nitrogens is 1. The summed E-state index contributed by atoms with van der Waals surface area (Å²) < 4.78 is 6.15. The van der Waals surface area contributed by atoms with E-state index in [0.717, 1.165) is 10.0 Å². The first-order valence-electron chi connectivity index (χ1n) is 5.14. The molecule has 0 bridgehead atoms. The summed E-state index contributed by atoms with van der Waals surface area (Å²) in [5, 5.41) is 0. The van der Waals surface area contributed by atoms with Crippen LogP contribution >= 0.6 is 15.9 Å². The third kappa shape index (κ3) is 1.97. The SMILES string of the molecule is NC(=O)C1(c2cncc(Br)c2)CCOCC1. The Morgan fingerprint density at radius 1 is 1.44 bits per heavy atom. The Bertz CT molecular complexity index is 403. The first-order valence-corrected chi connectivity index (χ1v) is 5.93. The van der Waals surface area contributed by atoms with E-state index in [1.165, 1.54) is 0 Å². The lowest BCUT2D eigenvalue weighted by atomic mass is 9.74. The molecule has 1 aliphatic rings. The van der Waals surface area contributed by atoms with Crippen molar-refractivity contribution in [3.63, 3.8) is 0 Å². The van der Waals surface area contributed by atoms with Gasteiger partial charge >= 0.3 is 0 Å². The average molecular weight is 285 g/mol. The van der Waals surface area contributed by atoms with Crippen LogP contribution in [0.4, 0.5) is 0 Å². The number of hydrogen-bond acceptors (Lipinski definition) is 3. The molecule has 86 valence electrons. The van der Waals surface area contributed by atoms with E-state index in [2.05, 4.69) is 20.9 Å². The van der Waals surface area contributed by atoms with Gasteiger partial charge in [0, 0.05) is 30.1 Å². The van der Waals surface area contributed by atoms with Crippen molar-refractivity contribution in [3.05, 3.63) is 28.5 Å². The summed E-state index contributed by atoms with van der Waals surface area (Å²) in [5.41, 5.74) is 5.80. The second-order valence-corrected chi connectivity index (χ2v) is 4.87. The largest absolute Gasteiger partial charge is 0.381 e. The van der Waals surface area contributed by atoms with Crippen molar-refractivity contribution in [1.29, 1.82) is 0 Å². The zero-order chi connectivity index (χ0) is 11.6. The molecular weight excluding hydrogens is 272 g/mol. The van der Waals surface area contributed by atoms with Crippen LogP contribution in [0.5, 0.6) is 0 Å². The fourth-order valence-electron chi connectivity index (χ4n) is 2.07. The van der Waals surface area contributed by atoms with Gasteiger partial charge in [-0.05, 0) is 40.4 Å². The molecule has 1 aliphatic heterocycles. The molecule has 16 heavy (non-hydrogen) atoms. The molecule has 0 atom stereocenters. The van der Waals surface area contributed by atoms with E-state index in [-0.39, 0.29) is 5.91 Å². The molecule has 0 unspecified atom stereocenters. The van der Waals surface area contributed by atoms with Crippen LogP contribution in [0.1, 0.15) is 18.4 Å². The van der Waals surface area contributed by atoms with Crippen LogP contribution in [0.3, 0.4) is 0 Å². The molecule has 1 aromatic rings. The number of carbonyl (C=O) groups excluding carboxylic acids is 1. The molecule has 0 radical (unpaired) electrons. The van der Waals surface area contributed by atoms with Gasteiger partial charge in [0.15, 0.2) is 0 Å². The van der Waals surface area contributed by atoms with Gasteiger partial charge in [-0.2, -0.15) is 0 Å². The molecule has 2 heterocycles. The normalized spacial score (nSPS) is 19.3. The maximum absolute atomic E-state index is 11.7. The summed E-state index contributed by atoms with van der Waals surface area (Å²) in [6.07, 6.45) is 4.65. The number of ether oxygens (including phenoxy) is 1.